The van der Waals surface area contributed by atoms with Gasteiger partial charge in [0.25, 0.3) is 0 Å². The van der Waals surface area contributed by atoms with Gasteiger partial charge in [0.2, 0.25) is 0 Å². The second-order valence-corrected chi connectivity index (χ2v) is 4.88. The molecule has 17 heavy (non-hydrogen) atoms. The van der Waals surface area contributed by atoms with Crippen molar-refractivity contribution < 1.29 is 9.47 Å². The summed E-state index contributed by atoms with van der Waals surface area (Å²) in [7, 11) is 1.67. The maximum Gasteiger partial charge on any atom is 0.163 e. The first-order valence-corrected chi connectivity index (χ1v) is 6.55. The van der Waals surface area contributed by atoms with E-state index in [1.54, 1.807) is 7.11 Å². The molecule has 0 aliphatic carbocycles. The first kappa shape index (κ1) is 14.2. The average Bonchev–Trinajstić information content (AvgIpc) is 2.29. The van der Waals surface area contributed by atoms with Crippen molar-refractivity contribution in [3.63, 3.8) is 0 Å². The lowest BCUT2D eigenvalue weighted by molar-refractivity contribution is 0.287. The quantitative estimate of drug-likeness (QED) is 0.541. The van der Waals surface area contributed by atoms with E-state index in [4.69, 9.17) is 21.1 Å². The van der Waals surface area contributed by atoms with Crippen LogP contribution >= 0.6 is 11.6 Å². The van der Waals surface area contributed by atoms with Crippen LogP contribution in [-0.2, 0) is 6.42 Å². The van der Waals surface area contributed by atoms with E-state index in [1.165, 1.54) is 0 Å². The number of ether oxygens (including phenoxy) is 2. The number of alkyl halides is 1. The molecule has 1 atom stereocenters. The molecule has 1 aromatic rings. The fourth-order valence-electron chi connectivity index (χ4n) is 1.70. The number of hydrogen-bond acceptors (Lipinski definition) is 2. The molecule has 0 bridgehead atoms. The van der Waals surface area contributed by atoms with Gasteiger partial charge in [0.1, 0.15) is 0 Å². The fraction of sp³-hybridized carbons (Fsp3) is 0.571. The predicted octanol–water partition coefficient (Wildman–Crippen LogP) is 4.04. The minimum atomic E-state index is 0.0924. The molecule has 0 fully saturated rings. The molecule has 0 aromatic heterocycles. The van der Waals surface area contributed by atoms with Crippen molar-refractivity contribution in [1.29, 1.82) is 0 Å². The lowest BCUT2D eigenvalue weighted by Crippen LogP contribution is -2.03. The summed E-state index contributed by atoms with van der Waals surface area (Å²) in [5, 5.41) is 0.0924. The molecule has 1 rings (SSSR count). The molecule has 0 amide bonds. The van der Waals surface area contributed by atoms with Crippen LogP contribution in [0.4, 0.5) is 0 Å². The molecule has 96 valence electrons. The minimum absolute atomic E-state index is 0.0924. The van der Waals surface area contributed by atoms with Crippen LogP contribution < -0.4 is 9.47 Å². The van der Waals surface area contributed by atoms with Gasteiger partial charge in [0.15, 0.2) is 11.5 Å². The van der Waals surface area contributed by atoms with Crippen molar-refractivity contribution in [2.45, 2.75) is 38.5 Å². The van der Waals surface area contributed by atoms with Gasteiger partial charge >= 0.3 is 0 Å². The Hall–Kier alpha value is -0.890. The number of benzene rings is 1. The summed E-state index contributed by atoms with van der Waals surface area (Å²) in [4.78, 5) is 0. The normalized spacial score (nSPS) is 12.2. The van der Waals surface area contributed by atoms with E-state index in [0.717, 1.165) is 42.9 Å². The lowest BCUT2D eigenvalue weighted by atomic mass is 10.1. The van der Waals surface area contributed by atoms with E-state index in [0.29, 0.717) is 0 Å². The summed E-state index contributed by atoms with van der Waals surface area (Å²) < 4.78 is 11.1. The Labute approximate surface area is 109 Å². The molecule has 0 aliphatic heterocycles. The Balaban J connectivity index is 2.81. The smallest absolute Gasteiger partial charge is 0.163 e. The maximum atomic E-state index is 6.02. The Morgan fingerprint density at radius 1 is 1.35 bits per heavy atom. The van der Waals surface area contributed by atoms with Crippen LogP contribution in [0.25, 0.3) is 0 Å². The van der Waals surface area contributed by atoms with Gasteiger partial charge in [-0.05, 0) is 31.4 Å². The van der Waals surface area contributed by atoms with Gasteiger partial charge in [-0.15, -0.1) is 11.6 Å². The first-order valence-electron chi connectivity index (χ1n) is 6.11. The lowest BCUT2D eigenvalue weighted by Gasteiger charge is -2.14. The molecule has 0 spiro atoms. The summed E-state index contributed by atoms with van der Waals surface area (Å²) in [6.45, 7) is 4.85. The largest absolute Gasteiger partial charge is 0.493 e. The number of halogens is 1. The Morgan fingerprint density at radius 3 is 2.71 bits per heavy atom. The zero-order chi connectivity index (χ0) is 12.7. The van der Waals surface area contributed by atoms with E-state index in [9.17, 15) is 0 Å². The van der Waals surface area contributed by atoms with Crippen molar-refractivity contribution in [2.24, 2.45) is 0 Å². The Morgan fingerprint density at radius 2 is 2.12 bits per heavy atom. The summed E-state index contributed by atoms with van der Waals surface area (Å²) in [6, 6.07) is 5.96. The van der Waals surface area contributed by atoms with Gasteiger partial charge in [-0.2, -0.15) is 0 Å². The van der Waals surface area contributed by atoms with Crippen molar-refractivity contribution in [2.75, 3.05) is 13.7 Å². The highest BCUT2D eigenvalue weighted by molar-refractivity contribution is 6.20. The SMILES string of the molecule is CCCCOc1cccc(CC(C)Cl)c1OC. The van der Waals surface area contributed by atoms with Crippen molar-refractivity contribution >= 4 is 11.6 Å². The Kier molecular flexibility index (Phi) is 6.20. The van der Waals surface area contributed by atoms with E-state index < -0.39 is 0 Å². The van der Waals surface area contributed by atoms with Crippen molar-refractivity contribution in [3.05, 3.63) is 23.8 Å². The summed E-state index contributed by atoms with van der Waals surface area (Å²) >= 11 is 6.02. The standard InChI is InChI=1S/C14H21ClO2/c1-4-5-9-17-13-8-6-7-12(10-11(2)15)14(13)16-3/h6-8,11H,4-5,9-10H2,1-3H3. The average molecular weight is 257 g/mol. The van der Waals surface area contributed by atoms with Gasteiger partial charge < -0.3 is 9.47 Å². The molecule has 0 N–H and O–H groups in total. The molecule has 0 heterocycles. The fourth-order valence-corrected chi connectivity index (χ4v) is 1.86. The number of para-hydroxylation sites is 1. The first-order chi connectivity index (χ1) is 8.19. The monoisotopic (exact) mass is 256 g/mol. The molecular formula is C14H21ClO2. The molecular weight excluding hydrogens is 236 g/mol. The molecule has 1 unspecified atom stereocenters. The van der Waals surface area contributed by atoms with E-state index in [-0.39, 0.29) is 5.38 Å². The number of methoxy groups -OCH3 is 1. The van der Waals surface area contributed by atoms with Crippen molar-refractivity contribution in [1.82, 2.24) is 0 Å². The summed E-state index contributed by atoms with van der Waals surface area (Å²) in [6.07, 6.45) is 2.97. The molecule has 0 aliphatic rings. The van der Waals surface area contributed by atoms with Gasteiger partial charge in [0.05, 0.1) is 13.7 Å². The highest BCUT2D eigenvalue weighted by Crippen LogP contribution is 2.32. The van der Waals surface area contributed by atoms with Crippen LogP contribution in [0.1, 0.15) is 32.3 Å². The van der Waals surface area contributed by atoms with Crippen LogP contribution in [0.2, 0.25) is 0 Å². The third-order valence-electron chi connectivity index (χ3n) is 2.52. The highest BCUT2D eigenvalue weighted by atomic mass is 35.5. The third-order valence-corrected chi connectivity index (χ3v) is 2.68. The molecule has 1 aromatic carbocycles. The third kappa shape index (κ3) is 4.47. The number of hydrogen-bond donors (Lipinski definition) is 0. The van der Waals surface area contributed by atoms with Gasteiger partial charge in [-0.3, -0.25) is 0 Å². The van der Waals surface area contributed by atoms with Crippen LogP contribution in [0.5, 0.6) is 11.5 Å². The molecule has 0 radical (unpaired) electrons. The zero-order valence-electron chi connectivity index (χ0n) is 10.8. The molecule has 3 heteroatoms. The van der Waals surface area contributed by atoms with Crippen LogP contribution in [0, 0.1) is 0 Å². The van der Waals surface area contributed by atoms with E-state index >= 15 is 0 Å². The summed E-state index contributed by atoms with van der Waals surface area (Å²) in [5.74, 6) is 1.63. The minimum Gasteiger partial charge on any atom is -0.493 e. The number of unbranched alkanes of at least 4 members (excludes halogenated alkanes) is 1. The summed E-state index contributed by atoms with van der Waals surface area (Å²) in [5.41, 5.74) is 1.10. The van der Waals surface area contributed by atoms with Crippen LogP contribution in [0.15, 0.2) is 18.2 Å². The van der Waals surface area contributed by atoms with Gasteiger partial charge in [0, 0.05) is 5.38 Å². The topological polar surface area (TPSA) is 18.5 Å². The van der Waals surface area contributed by atoms with Crippen molar-refractivity contribution in [3.8, 4) is 11.5 Å². The molecule has 2 nitrogen and oxygen atoms in total. The number of rotatable bonds is 7. The van der Waals surface area contributed by atoms with Gasteiger partial charge in [-0.1, -0.05) is 25.5 Å². The zero-order valence-corrected chi connectivity index (χ0v) is 11.6. The van der Waals surface area contributed by atoms with Crippen LogP contribution in [0.3, 0.4) is 0 Å². The van der Waals surface area contributed by atoms with Crippen LogP contribution in [-0.4, -0.2) is 19.1 Å². The second kappa shape index (κ2) is 7.44. The van der Waals surface area contributed by atoms with E-state index in [1.807, 2.05) is 25.1 Å². The highest BCUT2D eigenvalue weighted by Gasteiger charge is 2.11. The maximum absolute atomic E-state index is 6.02. The van der Waals surface area contributed by atoms with E-state index in [2.05, 4.69) is 6.92 Å². The molecule has 0 saturated carbocycles. The Bertz CT molecular complexity index is 337. The predicted molar refractivity (Wildman–Crippen MR) is 72.4 cm³/mol. The van der Waals surface area contributed by atoms with Gasteiger partial charge in [-0.25, -0.2) is 0 Å². The second-order valence-electron chi connectivity index (χ2n) is 4.14. The molecule has 0 saturated heterocycles.